The number of carbonyl (C=O) groups excluding carboxylic acids is 1. The number of hydrogen-bond acceptors (Lipinski definition) is 3. The SMILES string of the molecule is CC(Cc1cccs1)NC(=O)[C@@H](C)N. The fourth-order valence-electron chi connectivity index (χ4n) is 1.16. The van der Waals surface area contributed by atoms with Gasteiger partial charge in [0.1, 0.15) is 0 Å². The van der Waals surface area contributed by atoms with Crippen molar-refractivity contribution in [2.45, 2.75) is 32.4 Å². The summed E-state index contributed by atoms with van der Waals surface area (Å²) in [5, 5.41) is 4.90. The molecule has 1 aromatic heterocycles. The van der Waals surface area contributed by atoms with Crippen LogP contribution in [0.2, 0.25) is 0 Å². The quantitative estimate of drug-likeness (QED) is 0.786. The highest BCUT2D eigenvalue weighted by atomic mass is 32.1. The summed E-state index contributed by atoms with van der Waals surface area (Å²) in [6.45, 7) is 3.67. The largest absolute Gasteiger partial charge is 0.352 e. The van der Waals surface area contributed by atoms with Crippen molar-refractivity contribution >= 4 is 17.2 Å². The van der Waals surface area contributed by atoms with Gasteiger partial charge in [0.2, 0.25) is 5.91 Å². The highest BCUT2D eigenvalue weighted by molar-refractivity contribution is 7.09. The number of nitrogens with two attached hydrogens (primary N) is 1. The predicted octanol–water partition coefficient (Wildman–Crippen LogP) is 1.14. The van der Waals surface area contributed by atoms with Gasteiger partial charge in [-0.3, -0.25) is 4.79 Å². The maximum Gasteiger partial charge on any atom is 0.236 e. The minimum Gasteiger partial charge on any atom is -0.352 e. The molecule has 0 aliphatic rings. The first-order chi connectivity index (χ1) is 6.59. The molecule has 0 aliphatic heterocycles. The van der Waals surface area contributed by atoms with E-state index in [1.165, 1.54) is 4.88 Å². The number of amides is 1. The molecule has 1 heterocycles. The van der Waals surface area contributed by atoms with E-state index >= 15 is 0 Å². The van der Waals surface area contributed by atoms with Crippen LogP contribution in [-0.2, 0) is 11.2 Å². The van der Waals surface area contributed by atoms with Gasteiger partial charge in [0.25, 0.3) is 0 Å². The van der Waals surface area contributed by atoms with Crippen LogP contribution in [-0.4, -0.2) is 18.0 Å². The Kier molecular flexibility index (Phi) is 4.10. The van der Waals surface area contributed by atoms with Crippen LogP contribution in [0.5, 0.6) is 0 Å². The van der Waals surface area contributed by atoms with E-state index in [9.17, 15) is 4.79 Å². The molecule has 0 spiro atoms. The van der Waals surface area contributed by atoms with E-state index < -0.39 is 6.04 Å². The van der Waals surface area contributed by atoms with Crippen LogP contribution in [0.1, 0.15) is 18.7 Å². The Bertz CT molecular complexity index is 282. The summed E-state index contributed by atoms with van der Waals surface area (Å²) in [6.07, 6.45) is 0.871. The zero-order valence-electron chi connectivity index (χ0n) is 8.49. The lowest BCUT2D eigenvalue weighted by Gasteiger charge is -2.14. The molecule has 0 saturated heterocycles. The molecule has 3 N–H and O–H groups in total. The zero-order valence-corrected chi connectivity index (χ0v) is 9.30. The highest BCUT2D eigenvalue weighted by Crippen LogP contribution is 2.10. The van der Waals surface area contributed by atoms with E-state index in [0.29, 0.717) is 0 Å². The molecule has 1 unspecified atom stereocenters. The number of carbonyl (C=O) groups is 1. The van der Waals surface area contributed by atoms with Gasteiger partial charge in [-0.05, 0) is 25.3 Å². The summed E-state index contributed by atoms with van der Waals surface area (Å²) >= 11 is 1.70. The number of thiophene rings is 1. The van der Waals surface area contributed by atoms with Crippen LogP contribution in [0, 0.1) is 0 Å². The van der Waals surface area contributed by atoms with Crippen LogP contribution in [0.15, 0.2) is 17.5 Å². The van der Waals surface area contributed by atoms with E-state index in [-0.39, 0.29) is 11.9 Å². The van der Waals surface area contributed by atoms with Crippen molar-refractivity contribution in [3.63, 3.8) is 0 Å². The normalized spacial score (nSPS) is 14.8. The maximum absolute atomic E-state index is 11.2. The molecule has 1 rings (SSSR count). The average Bonchev–Trinajstić information content (AvgIpc) is 2.56. The lowest BCUT2D eigenvalue weighted by atomic mass is 10.2. The molecular weight excluding hydrogens is 196 g/mol. The Hall–Kier alpha value is -0.870. The first-order valence-corrected chi connectivity index (χ1v) is 5.56. The Balaban J connectivity index is 2.36. The van der Waals surface area contributed by atoms with Crippen molar-refractivity contribution in [1.29, 1.82) is 0 Å². The van der Waals surface area contributed by atoms with Crippen LogP contribution in [0.3, 0.4) is 0 Å². The smallest absolute Gasteiger partial charge is 0.236 e. The highest BCUT2D eigenvalue weighted by Gasteiger charge is 2.11. The second-order valence-electron chi connectivity index (χ2n) is 3.48. The third-order valence-electron chi connectivity index (χ3n) is 1.89. The monoisotopic (exact) mass is 212 g/mol. The van der Waals surface area contributed by atoms with Gasteiger partial charge in [0.15, 0.2) is 0 Å². The number of hydrogen-bond donors (Lipinski definition) is 2. The topological polar surface area (TPSA) is 55.1 Å². The minimum absolute atomic E-state index is 0.0888. The molecule has 0 bridgehead atoms. The number of rotatable bonds is 4. The zero-order chi connectivity index (χ0) is 10.6. The summed E-state index contributed by atoms with van der Waals surface area (Å²) in [6, 6.07) is 3.80. The van der Waals surface area contributed by atoms with Gasteiger partial charge in [-0.2, -0.15) is 0 Å². The number of nitrogens with one attached hydrogen (secondary N) is 1. The lowest BCUT2D eigenvalue weighted by Crippen LogP contribution is -2.43. The Morgan fingerprint density at radius 2 is 2.36 bits per heavy atom. The van der Waals surface area contributed by atoms with Gasteiger partial charge in [0.05, 0.1) is 6.04 Å². The molecule has 2 atom stereocenters. The van der Waals surface area contributed by atoms with Crippen molar-refractivity contribution in [3.8, 4) is 0 Å². The van der Waals surface area contributed by atoms with Crippen molar-refractivity contribution < 1.29 is 4.79 Å². The van der Waals surface area contributed by atoms with Crippen molar-refractivity contribution in [3.05, 3.63) is 22.4 Å². The fraction of sp³-hybridized carbons (Fsp3) is 0.500. The predicted molar refractivity (Wildman–Crippen MR) is 59.3 cm³/mol. The lowest BCUT2D eigenvalue weighted by molar-refractivity contribution is -0.122. The third-order valence-corrected chi connectivity index (χ3v) is 2.79. The molecule has 1 aromatic rings. The van der Waals surface area contributed by atoms with Crippen molar-refractivity contribution in [2.75, 3.05) is 0 Å². The van der Waals surface area contributed by atoms with E-state index in [1.54, 1.807) is 18.3 Å². The summed E-state index contributed by atoms with van der Waals surface area (Å²) < 4.78 is 0. The van der Waals surface area contributed by atoms with Gasteiger partial charge in [-0.25, -0.2) is 0 Å². The molecule has 0 fully saturated rings. The molecule has 78 valence electrons. The molecule has 3 nitrogen and oxygen atoms in total. The van der Waals surface area contributed by atoms with E-state index in [2.05, 4.69) is 11.4 Å². The molecular formula is C10H16N2OS. The van der Waals surface area contributed by atoms with E-state index in [4.69, 9.17) is 5.73 Å². The Morgan fingerprint density at radius 3 is 2.86 bits per heavy atom. The van der Waals surface area contributed by atoms with Gasteiger partial charge >= 0.3 is 0 Å². The maximum atomic E-state index is 11.2. The summed E-state index contributed by atoms with van der Waals surface area (Å²) in [4.78, 5) is 12.5. The molecule has 4 heteroatoms. The second-order valence-corrected chi connectivity index (χ2v) is 4.51. The van der Waals surface area contributed by atoms with E-state index in [0.717, 1.165) is 6.42 Å². The molecule has 14 heavy (non-hydrogen) atoms. The summed E-state index contributed by atoms with van der Waals surface area (Å²) in [7, 11) is 0. The Labute approximate surface area is 88.3 Å². The molecule has 0 aromatic carbocycles. The van der Waals surface area contributed by atoms with Crippen LogP contribution in [0.25, 0.3) is 0 Å². The second kappa shape index (κ2) is 5.12. The van der Waals surface area contributed by atoms with Crippen molar-refractivity contribution in [2.24, 2.45) is 5.73 Å². The van der Waals surface area contributed by atoms with Gasteiger partial charge in [0, 0.05) is 17.3 Å². The van der Waals surface area contributed by atoms with Crippen LogP contribution in [0.4, 0.5) is 0 Å². The average molecular weight is 212 g/mol. The van der Waals surface area contributed by atoms with Crippen LogP contribution < -0.4 is 11.1 Å². The molecule has 1 amide bonds. The molecule has 0 aliphatic carbocycles. The van der Waals surface area contributed by atoms with Gasteiger partial charge < -0.3 is 11.1 Å². The van der Waals surface area contributed by atoms with E-state index in [1.807, 2.05) is 18.4 Å². The van der Waals surface area contributed by atoms with Gasteiger partial charge in [-0.1, -0.05) is 6.07 Å². The standard InChI is InChI=1S/C10H16N2OS/c1-7(12-10(13)8(2)11)6-9-4-3-5-14-9/h3-5,7-8H,6,11H2,1-2H3,(H,12,13)/t7?,8-/m1/s1. The Morgan fingerprint density at radius 1 is 1.64 bits per heavy atom. The summed E-state index contributed by atoms with van der Waals surface area (Å²) in [5.41, 5.74) is 5.45. The first-order valence-electron chi connectivity index (χ1n) is 4.68. The third kappa shape index (κ3) is 3.47. The fourth-order valence-corrected chi connectivity index (χ4v) is 1.99. The van der Waals surface area contributed by atoms with Gasteiger partial charge in [-0.15, -0.1) is 11.3 Å². The minimum atomic E-state index is -0.430. The molecule has 0 radical (unpaired) electrons. The van der Waals surface area contributed by atoms with Crippen molar-refractivity contribution in [1.82, 2.24) is 5.32 Å². The summed E-state index contributed by atoms with van der Waals surface area (Å²) in [5.74, 6) is -0.0888. The molecule has 0 saturated carbocycles. The first kappa shape index (κ1) is 11.2. The van der Waals surface area contributed by atoms with Crippen LogP contribution >= 0.6 is 11.3 Å².